The van der Waals surface area contributed by atoms with E-state index in [9.17, 15) is 19.5 Å². The number of ether oxygens (including phenoxy) is 2. The van der Waals surface area contributed by atoms with Gasteiger partial charge in [0.2, 0.25) is 11.8 Å². The van der Waals surface area contributed by atoms with Crippen LogP contribution in [0.4, 0.5) is 0 Å². The second kappa shape index (κ2) is 12.3. The maximum atomic E-state index is 14.3. The lowest BCUT2D eigenvalue weighted by Crippen LogP contribution is -2.57. The van der Waals surface area contributed by atoms with Crippen LogP contribution in [0.1, 0.15) is 57.1 Å². The Labute approximate surface area is 225 Å². The normalized spacial score (nSPS) is 28.2. The molecular weight excluding hydrogens is 484 g/mol. The molecule has 2 bridgehead atoms. The number of carbonyl (C=O) groups is 3. The van der Waals surface area contributed by atoms with E-state index in [1.807, 2.05) is 30.3 Å². The zero-order valence-corrected chi connectivity index (χ0v) is 22.3. The third-order valence-corrected chi connectivity index (χ3v) is 8.20. The average Bonchev–Trinajstić information content (AvgIpc) is 3.57. The summed E-state index contributed by atoms with van der Waals surface area (Å²) in [6.07, 6.45) is 7.26. The first-order chi connectivity index (χ1) is 18.4. The molecule has 1 spiro atoms. The molecule has 3 saturated heterocycles. The minimum absolute atomic E-state index is 0.180. The van der Waals surface area contributed by atoms with Gasteiger partial charge in [-0.3, -0.25) is 14.4 Å². The van der Waals surface area contributed by atoms with Crippen molar-refractivity contribution < 1.29 is 29.0 Å². The number of fused-ring (bicyclic) bond motifs is 1. The largest absolute Gasteiger partial charge is 0.465 e. The van der Waals surface area contributed by atoms with Gasteiger partial charge in [0.15, 0.2) is 0 Å². The molecule has 3 heterocycles. The lowest BCUT2D eigenvalue weighted by molar-refractivity contribution is -0.156. The van der Waals surface area contributed by atoms with Crippen molar-refractivity contribution in [1.82, 2.24) is 9.80 Å². The number of aliphatic hydroxyl groups excluding tert-OH is 1. The third kappa shape index (κ3) is 4.92. The molecule has 3 aliphatic heterocycles. The van der Waals surface area contributed by atoms with Gasteiger partial charge < -0.3 is 24.4 Å². The molecule has 1 aromatic carbocycles. The van der Waals surface area contributed by atoms with Crippen molar-refractivity contribution in [3.63, 3.8) is 0 Å². The first-order valence-corrected chi connectivity index (χ1v) is 13.8. The highest BCUT2D eigenvalue weighted by atomic mass is 16.6. The number of benzene rings is 1. The number of aliphatic hydroxyl groups is 1. The third-order valence-electron chi connectivity index (χ3n) is 8.20. The van der Waals surface area contributed by atoms with Crippen LogP contribution in [0.25, 0.3) is 0 Å². The van der Waals surface area contributed by atoms with Crippen LogP contribution in [0, 0.1) is 11.8 Å². The molecule has 3 fully saturated rings. The molecule has 2 unspecified atom stereocenters. The van der Waals surface area contributed by atoms with E-state index in [1.54, 1.807) is 17.1 Å². The SMILES string of the molecule is C=CCCOC(=O)[C@@H]1[C@@H]2CCC3(O2)C(C(=O)N(CC=C)CCCCC)N([C@H](CO)c2ccccc2)C(=O)[C@H]13. The molecule has 1 N–H and O–H groups in total. The summed E-state index contributed by atoms with van der Waals surface area (Å²) in [6, 6.07) is 7.50. The van der Waals surface area contributed by atoms with Crippen LogP contribution in [0.5, 0.6) is 0 Å². The van der Waals surface area contributed by atoms with Gasteiger partial charge in [0.05, 0.1) is 37.2 Å². The fourth-order valence-electron chi connectivity index (χ4n) is 6.52. The van der Waals surface area contributed by atoms with Gasteiger partial charge in [-0.2, -0.15) is 0 Å². The van der Waals surface area contributed by atoms with Crippen LogP contribution >= 0.6 is 0 Å². The summed E-state index contributed by atoms with van der Waals surface area (Å²) in [7, 11) is 0. The summed E-state index contributed by atoms with van der Waals surface area (Å²) in [6.45, 7) is 10.3. The molecule has 0 saturated carbocycles. The Morgan fingerprint density at radius 3 is 2.68 bits per heavy atom. The van der Waals surface area contributed by atoms with Crippen molar-refractivity contribution in [2.75, 3.05) is 26.3 Å². The highest BCUT2D eigenvalue weighted by molar-refractivity contribution is 5.98. The fraction of sp³-hybridized carbons (Fsp3) is 0.567. The number of unbranched alkanes of at least 4 members (excludes halogenated alkanes) is 2. The highest BCUT2D eigenvalue weighted by Crippen LogP contribution is 2.60. The summed E-state index contributed by atoms with van der Waals surface area (Å²) in [4.78, 5) is 45.1. The number of hydrogen-bond acceptors (Lipinski definition) is 6. The maximum absolute atomic E-state index is 14.3. The summed E-state index contributed by atoms with van der Waals surface area (Å²) in [5.41, 5.74) is -0.425. The predicted octanol–water partition coefficient (Wildman–Crippen LogP) is 3.42. The molecule has 0 radical (unpaired) electrons. The van der Waals surface area contributed by atoms with E-state index in [0.29, 0.717) is 32.4 Å². The standard InChI is InChI=1S/C30H40N2O6/c1-4-7-12-18-31(17-6-3)28(35)26-30-16-15-23(38-30)24(29(36)37-19-8-5-2)25(30)27(34)32(26)22(20-33)21-13-10-9-11-14-21/h5-6,9-11,13-14,22-26,33H,2-4,7-8,12,15-20H2,1H3/t22-,23+,24-,25+,26?,30?/m1/s1. The molecule has 6 atom stereocenters. The molecule has 38 heavy (non-hydrogen) atoms. The second-order valence-electron chi connectivity index (χ2n) is 10.4. The predicted molar refractivity (Wildman–Crippen MR) is 143 cm³/mol. The summed E-state index contributed by atoms with van der Waals surface area (Å²) < 4.78 is 12.0. The molecule has 1 aromatic rings. The van der Waals surface area contributed by atoms with E-state index in [2.05, 4.69) is 20.1 Å². The van der Waals surface area contributed by atoms with Gasteiger partial charge in [-0.25, -0.2) is 0 Å². The number of hydrogen-bond donors (Lipinski definition) is 1. The number of esters is 1. The lowest BCUT2D eigenvalue weighted by Gasteiger charge is -2.39. The van der Waals surface area contributed by atoms with E-state index in [0.717, 1.165) is 24.8 Å². The molecule has 0 aliphatic carbocycles. The zero-order valence-electron chi connectivity index (χ0n) is 22.3. The summed E-state index contributed by atoms with van der Waals surface area (Å²) in [5.74, 6) is -2.68. The van der Waals surface area contributed by atoms with Gasteiger partial charge in [-0.15, -0.1) is 13.2 Å². The van der Waals surface area contributed by atoms with Crippen LogP contribution in [0.3, 0.4) is 0 Å². The van der Waals surface area contributed by atoms with E-state index in [1.165, 1.54) is 4.90 Å². The highest BCUT2D eigenvalue weighted by Gasteiger charge is 2.75. The Morgan fingerprint density at radius 2 is 2.03 bits per heavy atom. The topological polar surface area (TPSA) is 96.4 Å². The van der Waals surface area contributed by atoms with E-state index >= 15 is 0 Å². The molecular formula is C30H40N2O6. The Morgan fingerprint density at radius 1 is 1.26 bits per heavy atom. The zero-order chi connectivity index (χ0) is 27.3. The number of amides is 2. The maximum Gasteiger partial charge on any atom is 0.312 e. The average molecular weight is 525 g/mol. The minimum atomic E-state index is -1.15. The van der Waals surface area contributed by atoms with Gasteiger partial charge in [-0.1, -0.05) is 62.2 Å². The van der Waals surface area contributed by atoms with Crippen LogP contribution in [0.15, 0.2) is 55.6 Å². The molecule has 8 nitrogen and oxygen atoms in total. The van der Waals surface area contributed by atoms with E-state index in [4.69, 9.17) is 9.47 Å². The van der Waals surface area contributed by atoms with Crippen LogP contribution in [-0.2, 0) is 23.9 Å². The van der Waals surface area contributed by atoms with Crippen LogP contribution in [0.2, 0.25) is 0 Å². The van der Waals surface area contributed by atoms with Gasteiger partial charge >= 0.3 is 5.97 Å². The summed E-state index contributed by atoms with van der Waals surface area (Å²) >= 11 is 0. The summed E-state index contributed by atoms with van der Waals surface area (Å²) in [5, 5.41) is 10.5. The smallest absolute Gasteiger partial charge is 0.312 e. The van der Waals surface area contributed by atoms with Gasteiger partial charge in [0.1, 0.15) is 11.6 Å². The Kier molecular flexibility index (Phi) is 9.05. The molecule has 8 heteroatoms. The van der Waals surface area contributed by atoms with Gasteiger partial charge in [0.25, 0.3) is 0 Å². The Hall–Kier alpha value is -2.97. The quantitative estimate of drug-likeness (QED) is 0.228. The Balaban J connectivity index is 1.75. The monoisotopic (exact) mass is 524 g/mol. The Bertz CT molecular complexity index is 1030. The number of carbonyl (C=O) groups excluding carboxylic acids is 3. The first kappa shape index (κ1) is 28.0. The fourth-order valence-corrected chi connectivity index (χ4v) is 6.52. The van der Waals surface area contributed by atoms with Gasteiger partial charge in [0, 0.05) is 13.1 Å². The number of nitrogens with zero attached hydrogens (tertiary/aromatic N) is 2. The number of likely N-dealkylation sites (tertiary alicyclic amines) is 1. The molecule has 0 aromatic heterocycles. The molecule has 4 rings (SSSR count). The van der Waals surface area contributed by atoms with Crippen molar-refractivity contribution in [3.05, 3.63) is 61.2 Å². The molecule has 3 aliphatic rings. The van der Waals surface area contributed by atoms with Crippen molar-refractivity contribution in [2.24, 2.45) is 11.8 Å². The van der Waals surface area contributed by atoms with Crippen molar-refractivity contribution in [3.8, 4) is 0 Å². The van der Waals surface area contributed by atoms with E-state index in [-0.39, 0.29) is 25.0 Å². The second-order valence-corrected chi connectivity index (χ2v) is 10.4. The lowest BCUT2D eigenvalue weighted by atomic mass is 9.70. The molecule has 206 valence electrons. The van der Waals surface area contributed by atoms with E-state index < -0.39 is 41.6 Å². The minimum Gasteiger partial charge on any atom is -0.465 e. The van der Waals surface area contributed by atoms with Crippen molar-refractivity contribution in [1.29, 1.82) is 0 Å². The number of rotatable bonds is 14. The van der Waals surface area contributed by atoms with Crippen molar-refractivity contribution >= 4 is 17.8 Å². The first-order valence-electron chi connectivity index (χ1n) is 13.8. The van der Waals surface area contributed by atoms with Crippen molar-refractivity contribution in [2.45, 2.75) is 69.2 Å². The van der Waals surface area contributed by atoms with Crippen LogP contribution in [-0.4, -0.2) is 76.7 Å². The van der Waals surface area contributed by atoms with Gasteiger partial charge in [-0.05, 0) is 31.2 Å². The molecule has 2 amide bonds. The van der Waals surface area contributed by atoms with Crippen LogP contribution < -0.4 is 0 Å².